The Hall–Kier alpha value is -0.120. The van der Waals surface area contributed by atoms with Gasteiger partial charge in [0.15, 0.2) is 0 Å². The molecule has 0 saturated carbocycles. The lowest BCUT2D eigenvalue weighted by atomic mass is 10.2. The fraction of sp³-hybridized carbons (Fsp3) is 1.00. The zero-order valence-electron chi connectivity index (χ0n) is 12.1. The van der Waals surface area contributed by atoms with Crippen molar-refractivity contribution in [2.75, 3.05) is 39.8 Å². The van der Waals surface area contributed by atoms with Gasteiger partial charge in [-0.15, -0.1) is 0 Å². The molecule has 0 spiro atoms. The fourth-order valence-electron chi connectivity index (χ4n) is 2.39. The van der Waals surface area contributed by atoms with Gasteiger partial charge in [0.2, 0.25) is 0 Å². The summed E-state index contributed by atoms with van der Waals surface area (Å²) in [6.45, 7) is 12.5. The molecule has 0 aromatic carbocycles. The van der Waals surface area contributed by atoms with Crippen LogP contribution < -0.4 is 0 Å². The first kappa shape index (κ1) is 14.9. The van der Waals surface area contributed by atoms with Crippen LogP contribution in [0.25, 0.3) is 0 Å². The second-order valence-electron chi connectivity index (χ2n) is 5.37. The van der Waals surface area contributed by atoms with E-state index in [9.17, 15) is 0 Å². The lowest BCUT2D eigenvalue weighted by Gasteiger charge is -2.35. The van der Waals surface area contributed by atoms with E-state index in [-0.39, 0.29) is 0 Å². The first-order valence-electron chi connectivity index (χ1n) is 7.22. The summed E-state index contributed by atoms with van der Waals surface area (Å²) in [5.41, 5.74) is 0. The molecule has 1 fully saturated rings. The standard InChI is InChI=1S/C14H30N2O/c1-5-7-13(3)17-14(6-2)12-16-10-8-15(4)9-11-16/h13-14H,5-12H2,1-4H3. The largest absolute Gasteiger partial charge is 0.374 e. The van der Waals surface area contributed by atoms with Gasteiger partial charge in [0, 0.05) is 32.7 Å². The first-order chi connectivity index (χ1) is 8.15. The molecule has 17 heavy (non-hydrogen) atoms. The Labute approximate surface area is 107 Å². The predicted octanol–water partition coefficient (Wildman–Crippen LogP) is 2.22. The molecular weight excluding hydrogens is 212 g/mol. The van der Waals surface area contributed by atoms with Crippen molar-refractivity contribution in [3.63, 3.8) is 0 Å². The van der Waals surface area contributed by atoms with Crippen molar-refractivity contribution in [2.45, 2.75) is 52.2 Å². The second-order valence-corrected chi connectivity index (χ2v) is 5.37. The Balaban J connectivity index is 2.26. The van der Waals surface area contributed by atoms with Gasteiger partial charge in [0.25, 0.3) is 0 Å². The number of rotatable bonds is 7. The summed E-state index contributed by atoms with van der Waals surface area (Å²) in [5.74, 6) is 0. The third kappa shape index (κ3) is 5.84. The molecule has 0 aliphatic carbocycles. The highest BCUT2D eigenvalue weighted by Gasteiger charge is 2.19. The number of hydrogen-bond acceptors (Lipinski definition) is 3. The zero-order chi connectivity index (χ0) is 12.7. The van der Waals surface area contributed by atoms with Crippen LogP contribution in [-0.2, 0) is 4.74 Å². The highest BCUT2D eigenvalue weighted by Crippen LogP contribution is 2.10. The molecule has 1 aliphatic heterocycles. The van der Waals surface area contributed by atoms with Gasteiger partial charge in [-0.3, -0.25) is 4.90 Å². The SMILES string of the molecule is CCCC(C)OC(CC)CN1CCN(C)CC1. The van der Waals surface area contributed by atoms with Crippen LogP contribution in [0.5, 0.6) is 0 Å². The molecule has 0 N–H and O–H groups in total. The van der Waals surface area contributed by atoms with Crippen molar-refractivity contribution in [2.24, 2.45) is 0 Å². The number of piperazine rings is 1. The van der Waals surface area contributed by atoms with Gasteiger partial charge in [0.05, 0.1) is 12.2 Å². The Morgan fingerprint density at radius 1 is 1.12 bits per heavy atom. The minimum absolute atomic E-state index is 0.414. The Bertz CT molecular complexity index is 191. The number of ether oxygens (including phenoxy) is 1. The molecule has 0 aromatic heterocycles. The summed E-state index contributed by atoms with van der Waals surface area (Å²) in [6, 6.07) is 0. The highest BCUT2D eigenvalue weighted by molar-refractivity contribution is 4.73. The summed E-state index contributed by atoms with van der Waals surface area (Å²) < 4.78 is 6.11. The van der Waals surface area contributed by atoms with E-state index in [1.807, 2.05) is 0 Å². The molecule has 0 bridgehead atoms. The lowest BCUT2D eigenvalue weighted by molar-refractivity contribution is -0.0307. The summed E-state index contributed by atoms with van der Waals surface area (Å²) in [6.07, 6.45) is 4.35. The van der Waals surface area contributed by atoms with Gasteiger partial charge in [-0.2, -0.15) is 0 Å². The average Bonchev–Trinajstić information content (AvgIpc) is 2.31. The van der Waals surface area contributed by atoms with Gasteiger partial charge in [0.1, 0.15) is 0 Å². The van der Waals surface area contributed by atoms with E-state index in [2.05, 4.69) is 37.6 Å². The summed E-state index contributed by atoms with van der Waals surface area (Å²) in [4.78, 5) is 4.95. The smallest absolute Gasteiger partial charge is 0.0703 e. The minimum Gasteiger partial charge on any atom is -0.374 e. The molecule has 0 aromatic rings. The first-order valence-corrected chi connectivity index (χ1v) is 7.22. The lowest BCUT2D eigenvalue weighted by Crippen LogP contribution is -2.47. The molecule has 3 heteroatoms. The molecule has 2 unspecified atom stereocenters. The minimum atomic E-state index is 0.414. The molecule has 1 saturated heterocycles. The van der Waals surface area contributed by atoms with Gasteiger partial charge in [-0.05, 0) is 26.8 Å². The van der Waals surface area contributed by atoms with Gasteiger partial charge in [-0.1, -0.05) is 20.3 Å². The maximum absolute atomic E-state index is 6.11. The molecular formula is C14H30N2O. The normalized spacial score (nSPS) is 22.6. The van der Waals surface area contributed by atoms with Crippen LogP contribution in [0.1, 0.15) is 40.0 Å². The Morgan fingerprint density at radius 2 is 1.76 bits per heavy atom. The van der Waals surface area contributed by atoms with Gasteiger partial charge < -0.3 is 9.64 Å². The Morgan fingerprint density at radius 3 is 2.29 bits per heavy atom. The quantitative estimate of drug-likeness (QED) is 0.681. The van der Waals surface area contributed by atoms with Crippen molar-refractivity contribution < 1.29 is 4.74 Å². The van der Waals surface area contributed by atoms with E-state index >= 15 is 0 Å². The topological polar surface area (TPSA) is 15.7 Å². The van der Waals surface area contributed by atoms with Crippen molar-refractivity contribution in [1.29, 1.82) is 0 Å². The highest BCUT2D eigenvalue weighted by atomic mass is 16.5. The number of hydrogen-bond donors (Lipinski definition) is 0. The van der Waals surface area contributed by atoms with Crippen LogP contribution >= 0.6 is 0 Å². The van der Waals surface area contributed by atoms with E-state index in [1.165, 1.54) is 39.0 Å². The Kier molecular flexibility index (Phi) is 7.09. The van der Waals surface area contributed by atoms with E-state index < -0.39 is 0 Å². The molecule has 1 aliphatic rings. The zero-order valence-corrected chi connectivity index (χ0v) is 12.1. The average molecular weight is 242 g/mol. The maximum atomic E-state index is 6.11. The molecule has 2 atom stereocenters. The van der Waals surface area contributed by atoms with Crippen molar-refractivity contribution in [3.8, 4) is 0 Å². The monoisotopic (exact) mass is 242 g/mol. The summed E-state index contributed by atoms with van der Waals surface area (Å²) in [5, 5.41) is 0. The van der Waals surface area contributed by atoms with Crippen LogP contribution in [0, 0.1) is 0 Å². The molecule has 1 heterocycles. The third-order valence-electron chi connectivity index (χ3n) is 3.63. The van der Waals surface area contributed by atoms with E-state index in [0.29, 0.717) is 12.2 Å². The van der Waals surface area contributed by atoms with Crippen LogP contribution in [0.15, 0.2) is 0 Å². The van der Waals surface area contributed by atoms with E-state index in [4.69, 9.17) is 4.74 Å². The molecule has 0 radical (unpaired) electrons. The van der Waals surface area contributed by atoms with Gasteiger partial charge >= 0.3 is 0 Å². The predicted molar refractivity (Wildman–Crippen MR) is 73.5 cm³/mol. The van der Waals surface area contributed by atoms with Gasteiger partial charge in [-0.25, -0.2) is 0 Å². The number of likely N-dealkylation sites (N-methyl/N-ethyl adjacent to an activating group) is 1. The maximum Gasteiger partial charge on any atom is 0.0703 e. The summed E-state index contributed by atoms with van der Waals surface area (Å²) in [7, 11) is 2.20. The molecule has 102 valence electrons. The van der Waals surface area contributed by atoms with Crippen molar-refractivity contribution in [3.05, 3.63) is 0 Å². The van der Waals surface area contributed by atoms with Crippen molar-refractivity contribution >= 4 is 0 Å². The number of nitrogens with zero attached hydrogens (tertiary/aromatic N) is 2. The van der Waals surface area contributed by atoms with Crippen LogP contribution in [0.3, 0.4) is 0 Å². The van der Waals surface area contributed by atoms with Crippen molar-refractivity contribution in [1.82, 2.24) is 9.80 Å². The van der Waals surface area contributed by atoms with E-state index in [0.717, 1.165) is 13.0 Å². The van der Waals surface area contributed by atoms with Crippen LogP contribution in [0.2, 0.25) is 0 Å². The summed E-state index contributed by atoms with van der Waals surface area (Å²) >= 11 is 0. The second kappa shape index (κ2) is 8.06. The fourth-order valence-corrected chi connectivity index (χ4v) is 2.39. The molecule has 0 amide bonds. The van der Waals surface area contributed by atoms with Crippen LogP contribution in [0.4, 0.5) is 0 Å². The molecule has 1 rings (SSSR count). The van der Waals surface area contributed by atoms with Crippen LogP contribution in [-0.4, -0.2) is 61.8 Å². The third-order valence-corrected chi connectivity index (χ3v) is 3.63. The molecule has 3 nitrogen and oxygen atoms in total. The van der Waals surface area contributed by atoms with E-state index in [1.54, 1.807) is 0 Å².